The molecule has 1 aliphatic rings. The number of rotatable bonds is 2. The van der Waals surface area contributed by atoms with Gasteiger partial charge in [-0.3, -0.25) is 4.90 Å². The summed E-state index contributed by atoms with van der Waals surface area (Å²) in [5.41, 5.74) is 3.93. The van der Waals surface area contributed by atoms with Crippen molar-refractivity contribution in [2.45, 2.75) is 53.1 Å². The average Bonchev–Trinajstić information content (AvgIpc) is 2.56. The van der Waals surface area contributed by atoms with E-state index in [1.807, 2.05) is 0 Å². The van der Waals surface area contributed by atoms with E-state index in [0.29, 0.717) is 18.6 Å². The standard InChI is InChI=1S/C16H24ClNO/c1-10(2)13-8-15(17)16-14(12(13)5)9-18(11(3)4)6-7-19-16/h8,10-11H,6-7,9H2,1-5H3. The van der Waals surface area contributed by atoms with Crippen LogP contribution >= 0.6 is 11.6 Å². The Bertz CT molecular complexity index is 468. The molecule has 0 amide bonds. The molecular weight excluding hydrogens is 258 g/mol. The summed E-state index contributed by atoms with van der Waals surface area (Å²) in [6.45, 7) is 13.7. The first-order valence-electron chi connectivity index (χ1n) is 7.10. The molecule has 1 aromatic rings. The monoisotopic (exact) mass is 281 g/mol. The van der Waals surface area contributed by atoms with Crippen molar-refractivity contribution in [3.8, 4) is 5.75 Å². The van der Waals surface area contributed by atoms with Gasteiger partial charge in [-0.2, -0.15) is 0 Å². The highest BCUT2D eigenvalue weighted by atomic mass is 35.5. The summed E-state index contributed by atoms with van der Waals surface area (Å²) in [6.07, 6.45) is 0. The van der Waals surface area contributed by atoms with E-state index < -0.39 is 0 Å². The summed E-state index contributed by atoms with van der Waals surface area (Å²) >= 11 is 6.42. The number of ether oxygens (including phenoxy) is 1. The molecule has 0 unspecified atom stereocenters. The third-order valence-electron chi connectivity index (χ3n) is 4.00. The highest BCUT2D eigenvalue weighted by molar-refractivity contribution is 6.32. The van der Waals surface area contributed by atoms with Crippen molar-refractivity contribution in [1.82, 2.24) is 4.90 Å². The van der Waals surface area contributed by atoms with Gasteiger partial charge in [0.25, 0.3) is 0 Å². The van der Waals surface area contributed by atoms with E-state index in [1.165, 1.54) is 16.7 Å². The normalized spacial score (nSPS) is 16.4. The maximum Gasteiger partial charge on any atom is 0.142 e. The van der Waals surface area contributed by atoms with Gasteiger partial charge in [0.2, 0.25) is 0 Å². The molecule has 2 rings (SSSR count). The molecule has 0 bridgehead atoms. The molecule has 0 N–H and O–H groups in total. The largest absolute Gasteiger partial charge is 0.490 e. The quantitative estimate of drug-likeness (QED) is 0.798. The van der Waals surface area contributed by atoms with E-state index in [4.69, 9.17) is 16.3 Å². The number of nitrogens with zero attached hydrogens (tertiary/aromatic N) is 1. The minimum atomic E-state index is 0.485. The number of halogens is 1. The molecule has 19 heavy (non-hydrogen) atoms. The zero-order chi connectivity index (χ0) is 14.2. The maximum atomic E-state index is 6.42. The Labute approximate surface area is 121 Å². The van der Waals surface area contributed by atoms with Crippen LogP contribution in [0.5, 0.6) is 5.75 Å². The van der Waals surface area contributed by atoms with E-state index in [0.717, 1.165) is 23.9 Å². The molecule has 2 nitrogen and oxygen atoms in total. The summed E-state index contributed by atoms with van der Waals surface area (Å²) in [4.78, 5) is 2.44. The van der Waals surface area contributed by atoms with Crippen LogP contribution in [-0.4, -0.2) is 24.1 Å². The van der Waals surface area contributed by atoms with E-state index in [9.17, 15) is 0 Å². The zero-order valence-corrected chi connectivity index (χ0v) is 13.3. The molecule has 0 atom stereocenters. The molecule has 0 saturated heterocycles. The number of benzene rings is 1. The lowest BCUT2D eigenvalue weighted by atomic mass is 9.93. The third-order valence-corrected chi connectivity index (χ3v) is 4.28. The van der Waals surface area contributed by atoms with Crippen molar-refractivity contribution in [1.29, 1.82) is 0 Å². The number of hydrogen-bond acceptors (Lipinski definition) is 2. The highest BCUT2D eigenvalue weighted by Crippen LogP contribution is 2.38. The van der Waals surface area contributed by atoms with Gasteiger partial charge in [0.1, 0.15) is 12.4 Å². The van der Waals surface area contributed by atoms with Gasteiger partial charge in [0.15, 0.2) is 0 Å². The SMILES string of the molecule is Cc1c(C(C)C)cc(Cl)c2c1CN(C(C)C)CCO2. The second-order valence-electron chi connectivity index (χ2n) is 5.95. The van der Waals surface area contributed by atoms with E-state index in [1.54, 1.807) is 0 Å². The fraction of sp³-hybridized carbons (Fsp3) is 0.625. The van der Waals surface area contributed by atoms with Gasteiger partial charge in [-0.15, -0.1) is 0 Å². The van der Waals surface area contributed by atoms with Gasteiger partial charge in [-0.1, -0.05) is 25.4 Å². The van der Waals surface area contributed by atoms with Crippen molar-refractivity contribution in [3.63, 3.8) is 0 Å². The van der Waals surface area contributed by atoms with Crippen LogP contribution in [0, 0.1) is 6.92 Å². The highest BCUT2D eigenvalue weighted by Gasteiger charge is 2.23. The van der Waals surface area contributed by atoms with Crippen LogP contribution < -0.4 is 4.74 Å². The second-order valence-corrected chi connectivity index (χ2v) is 6.35. The molecular formula is C16H24ClNO. The van der Waals surface area contributed by atoms with Crippen LogP contribution in [0.2, 0.25) is 5.02 Å². The van der Waals surface area contributed by atoms with E-state index >= 15 is 0 Å². The average molecular weight is 282 g/mol. The molecule has 0 radical (unpaired) electrons. The summed E-state index contributed by atoms with van der Waals surface area (Å²) in [7, 11) is 0. The zero-order valence-electron chi connectivity index (χ0n) is 12.6. The van der Waals surface area contributed by atoms with Gasteiger partial charge in [0.05, 0.1) is 5.02 Å². The van der Waals surface area contributed by atoms with Gasteiger partial charge in [-0.05, 0) is 43.9 Å². The number of hydrogen-bond donors (Lipinski definition) is 0. The summed E-state index contributed by atoms with van der Waals surface area (Å²) in [5, 5.41) is 0.759. The van der Waals surface area contributed by atoms with Crippen LogP contribution in [0.1, 0.15) is 50.3 Å². The molecule has 0 fully saturated rings. The Hall–Kier alpha value is -0.730. The van der Waals surface area contributed by atoms with E-state index in [-0.39, 0.29) is 0 Å². The Kier molecular flexibility index (Phi) is 4.42. The Morgan fingerprint density at radius 1 is 1.26 bits per heavy atom. The lowest BCUT2D eigenvalue weighted by Crippen LogP contribution is -2.32. The van der Waals surface area contributed by atoms with Gasteiger partial charge < -0.3 is 4.74 Å². The Morgan fingerprint density at radius 3 is 2.53 bits per heavy atom. The van der Waals surface area contributed by atoms with Crippen molar-refractivity contribution in [3.05, 3.63) is 27.8 Å². The molecule has 0 aliphatic carbocycles. The summed E-state index contributed by atoms with van der Waals surface area (Å²) in [6, 6.07) is 2.60. The second kappa shape index (κ2) is 5.72. The minimum Gasteiger partial charge on any atom is -0.490 e. The van der Waals surface area contributed by atoms with Gasteiger partial charge in [-0.25, -0.2) is 0 Å². The summed E-state index contributed by atoms with van der Waals surface area (Å²) in [5.74, 6) is 1.38. The molecule has 0 spiro atoms. The smallest absolute Gasteiger partial charge is 0.142 e. The predicted molar refractivity (Wildman–Crippen MR) is 81.3 cm³/mol. The molecule has 1 heterocycles. The third kappa shape index (κ3) is 2.90. The Balaban J connectivity index is 2.51. The van der Waals surface area contributed by atoms with Crippen LogP contribution in [0.3, 0.4) is 0 Å². The first-order chi connectivity index (χ1) is 8.91. The van der Waals surface area contributed by atoms with Crippen LogP contribution in [0.25, 0.3) is 0 Å². The lowest BCUT2D eigenvalue weighted by molar-refractivity contribution is 0.188. The van der Waals surface area contributed by atoms with Gasteiger partial charge in [0, 0.05) is 24.7 Å². The van der Waals surface area contributed by atoms with Crippen molar-refractivity contribution >= 4 is 11.6 Å². The molecule has 1 aromatic carbocycles. The van der Waals surface area contributed by atoms with Crippen molar-refractivity contribution < 1.29 is 4.74 Å². The predicted octanol–water partition coefficient (Wildman–Crippen LogP) is 4.37. The minimum absolute atomic E-state index is 0.485. The lowest BCUT2D eigenvalue weighted by Gasteiger charge is -2.25. The first-order valence-corrected chi connectivity index (χ1v) is 7.48. The fourth-order valence-electron chi connectivity index (χ4n) is 2.73. The van der Waals surface area contributed by atoms with Gasteiger partial charge >= 0.3 is 0 Å². The fourth-order valence-corrected chi connectivity index (χ4v) is 3.02. The van der Waals surface area contributed by atoms with E-state index in [2.05, 4.69) is 45.6 Å². The first kappa shape index (κ1) is 14.7. The number of fused-ring (bicyclic) bond motifs is 1. The van der Waals surface area contributed by atoms with Crippen LogP contribution in [0.4, 0.5) is 0 Å². The molecule has 0 aromatic heterocycles. The Morgan fingerprint density at radius 2 is 1.95 bits per heavy atom. The molecule has 1 aliphatic heterocycles. The van der Waals surface area contributed by atoms with Crippen molar-refractivity contribution in [2.24, 2.45) is 0 Å². The maximum absolute atomic E-state index is 6.42. The molecule has 0 saturated carbocycles. The van der Waals surface area contributed by atoms with Crippen LogP contribution in [-0.2, 0) is 6.54 Å². The topological polar surface area (TPSA) is 12.5 Å². The van der Waals surface area contributed by atoms with Crippen molar-refractivity contribution in [2.75, 3.05) is 13.2 Å². The molecule has 3 heteroatoms. The van der Waals surface area contributed by atoms with Crippen LogP contribution in [0.15, 0.2) is 6.07 Å². The molecule has 106 valence electrons. The summed E-state index contributed by atoms with van der Waals surface area (Å²) < 4.78 is 5.90.